The molecule has 0 saturated carbocycles. The third-order valence-corrected chi connectivity index (χ3v) is 4.49. The van der Waals surface area contributed by atoms with Gasteiger partial charge in [0.25, 0.3) is 0 Å². The molecule has 74 valence electrons. The Bertz CT molecular complexity index is 564. The Morgan fingerprint density at radius 2 is 2.07 bits per heavy atom. The minimum atomic E-state index is 0.958. The molecule has 0 radical (unpaired) electrons. The van der Waals surface area contributed by atoms with Gasteiger partial charge < -0.3 is 0 Å². The highest BCUT2D eigenvalue weighted by atomic mass is 79.9. The Labute approximate surface area is 107 Å². The van der Waals surface area contributed by atoms with Crippen LogP contribution in [0.4, 0.5) is 0 Å². The fraction of sp³-hybridized carbons (Fsp3) is 0. The van der Waals surface area contributed by atoms with Gasteiger partial charge in [0.1, 0.15) is 0 Å². The van der Waals surface area contributed by atoms with E-state index in [0.29, 0.717) is 0 Å². The van der Waals surface area contributed by atoms with Gasteiger partial charge in [-0.05, 0) is 50.1 Å². The Kier molecular flexibility index (Phi) is 2.26. The topological polar surface area (TPSA) is 24.7 Å². The first-order valence-corrected chi connectivity index (χ1v) is 6.64. The van der Waals surface area contributed by atoms with E-state index in [2.05, 4.69) is 47.9 Å². The van der Waals surface area contributed by atoms with Crippen LogP contribution in [0, 0.1) is 0 Å². The van der Waals surface area contributed by atoms with Crippen molar-refractivity contribution in [3.63, 3.8) is 0 Å². The minimum Gasteiger partial charge on any atom is -0.254 e. The molecule has 0 fully saturated rings. The lowest BCUT2D eigenvalue weighted by Crippen LogP contribution is -1.91. The average Bonchev–Trinajstić information content (AvgIpc) is 2.77. The van der Waals surface area contributed by atoms with Gasteiger partial charge in [-0.25, -0.2) is 4.99 Å². The van der Waals surface area contributed by atoms with E-state index >= 15 is 0 Å². The van der Waals surface area contributed by atoms with Crippen molar-refractivity contribution >= 4 is 55.1 Å². The van der Waals surface area contributed by atoms with Crippen molar-refractivity contribution < 1.29 is 0 Å². The maximum atomic E-state index is 4.51. The van der Waals surface area contributed by atoms with Crippen LogP contribution in [0.15, 0.2) is 47.2 Å². The van der Waals surface area contributed by atoms with Crippen LogP contribution in [0.3, 0.4) is 0 Å². The van der Waals surface area contributed by atoms with E-state index in [4.69, 9.17) is 0 Å². The maximum absolute atomic E-state index is 4.51. The van der Waals surface area contributed by atoms with E-state index in [1.165, 1.54) is 0 Å². The summed E-state index contributed by atoms with van der Waals surface area (Å²) in [5, 5.41) is 0. The number of rotatable bonds is 1. The van der Waals surface area contributed by atoms with Gasteiger partial charge in [-0.2, -0.15) is 0 Å². The molecule has 2 nitrogen and oxygen atoms in total. The molecule has 0 atom stereocenters. The van der Waals surface area contributed by atoms with Crippen molar-refractivity contribution in [3.05, 3.63) is 42.7 Å². The number of aliphatic imine (C=N–C) groups is 2. The second-order valence-corrected chi connectivity index (χ2v) is 6.84. The largest absolute Gasteiger partial charge is 0.254 e. The Balaban J connectivity index is 2.08. The number of allylic oxidation sites excluding steroid dienone is 2. The molecule has 0 saturated heterocycles. The fourth-order valence-electron chi connectivity index (χ4n) is 1.49. The molecule has 0 unspecified atom stereocenters. The highest BCUT2D eigenvalue weighted by Gasteiger charge is 2.19. The third kappa shape index (κ3) is 1.58. The molecular formula is C10H4Br2N2S. The molecule has 1 aromatic rings. The first-order chi connectivity index (χ1) is 7.24. The van der Waals surface area contributed by atoms with Crippen LogP contribution in [-0.2, 0) is 0 Å². The summed E-state index contributed by atoms with van der Waals surface area (Å²) in [7, 11) is 0. The molecule has 0 aliphatic carbocycles. The van der Waals surface area contributed by atoms with Gasteiger partial charge in [0.15, 0.2) is 0 Å². The Morgan fingerprint density at radius 1 is 1.20 bits per heavy atom. The van der Waals surface area contributed by atoms with Crippen LogP contribution >= 0.6 is 43.2 Å². The summed E-state index contributed by atoms with van der Waals surface area (Å²) in [5.74, 6) is 0. The van der Waals surface area contributed by atoms with Crippen LogP contribution in [0.25, 0.3) is 0 Å². The number of fused-ring (bicyclic) bond motifs is 1. The molecular weight excluding hydrogens is 340 g/mol. The monoisotopic (exact) mass is 342 g/mol. The average molecular weight is 344 g/mol. The van der Waals surface area contributed by atoms with Gasteiger partial charge in [-0.3, -0.25) is 4.99 Å². The molecule has 0 aromatic carbocycles. The van der Waals surface area contributed by atoms with Gasteiger partial charge in [-0.1, -0.05) is 0 Å². The van der Waals surface area contributed by atoms with Gasteiger partial charge in [-0.15, -0.1) is 11.3 Å². The van der Waals surface area contributed by atoms with Crippen molar-refractivity contribution in [2.24, 2.45) is 9.98 Å². The molecule has 0 bridgehead atoms. The van der Waals surface area contributed by atoms with E-state index < -0.39 is 0 Å². The fourth-order valence-corrected chi connectivity index (χ4v) is 4.32. The van der Waals surface area contributed by atoms with E-state index in [9.17, 15) is 0 Å². The van der Waals surface area contributed by atoms with Crippen molar-refractivity contribution in [1.29, 1.82) is 0 Å². The molecule has 1 aromatic heterocycles. The SMILES string of the molecule is Brc1cc(C2=NC3=CC=NC3=C2)c(Br)s1. The predicted molar refractivity (Wildman–Crippen MR) is 70.9 cm³/mol. The number of halogens is 2. The number of nitrogens with zero attached hydrogens (tertiary/aromatic N) is 2. The number of thiophene rings is 1. The summed E-state index contributed by atoms with van der Waals surface area (Å²) >= 11 is 8.64. The summed E-state index contributed by atoms with van der Waals surface area (Å²) in [4.78, 5) is 8.73. The summed E-state index contributed by atoms with van der Waals surface area (Å²) in [6, 6.07) is 2.07. The molecule has 3 rings (SSSR count). The molecule has 2 aliphatic rings. The quantitative estimate of drug-likeness (QED) is 0.738. The lowest BCUT2D eigenvalue weighted by Gasteiger charge is -1.92. The second-order valence-electron chi connectivity index (χ2n) is 3.09. The van der Waals surface area contributed by atoms with Gasteiger partial charge in [0, 0.05) is 11.8 Å². The molecule has 0 amide bonds. The summed E-state index contributed by atoms with van der Waals surface area (Å²) in [6.45, 7) is 0. The van der Waals surface area contributed by atoms with Crippen LogP contribution in [-0.4, -0.2) is 11.9 Å². The Hall–Kier alpha value is -0.520. The normalized spacial score (nSPS) is 17.6. The molecule has 15 heavy (non-hydrogen) atoms. The summed E-state index contributed by atoms with van der Waals surface area (Å²) < 4.78 is 2.19. The Morgan fingerprint density at radius 3 is 2.73 bits per heavy atom. The van der Waals surface area contributed by atoms with Crippen molar-refractivity contribution in [2.45, 2.75) is 0 Å². The number of hydrogen-bond donors (Lipinski definition) is 0. The van der Waals surface area contributed by atoms with Crippen molar-refractivity contribution in [3.8, 4) is 0 Å². The zero-order valence-corrected chi connectivity index (χ0v) is 11.4. The maximum Gasteiger partial charge on any atom is 0.0909 e. The van der Waals surface area contributed by atoms with E-state index in [-0.39, 0.29) is 0 Å². The first-order valence-electron chi connectivity index (χ1n) is 4.24. The van der Waals surface area contributed by atoms with Crippen LogP contribution in [0.5, 0.6) is 0 Å². The lowest BCUT2D eigenvalue weighted by atomic mass is 10.2. The summed E-state index contributed by atoms with van der Waals surface area (Å²) in [5.41, 5.74) is 4.00. The smallest absolute Gasteiger partial charge is 0.0909 e. The zero-order valence-electron chi connectivity index (χ0n) is 7.37. The van der Waals surface area contributed by atoms with E-state index in [1.54, 1.807) is 17.6 Å². The van der Waals surface area contributed by atoms with E-state index in [1.807, 2.05) is 12.2 Å². The van der Waals surface area contributed by atoms with Crippen molar-refractivity contribution in [1.82, 2.24) is 0 Å². The molecule has 2 aliphatic heterocycles. The molecule has 0 N–H and O–H groups in total. The third-order valence-electron chi connectivity index (χ3n) is 2.16. The van der Waals surface area contributed by atoms with Crippen LogP contribution in [0.2, 0.25) is 0 Å². The van der Waals surface area contributed by atoms with Crippen LogP contribution in [0.1, 0.15) is 5.56 Å². The molecule has 5 heteroatoms. The minimum absolute atomic E-state index is 0.958. The van der Waals surface area contributed by atoms with Gasteiger partial charge in [0.2, 0.25) is 0 Å². The highest BCUT2D eigenvalue weighted by molar-refractivity contribution is 9.12. The number of hydrogen-bond acceptors (Lipinski definition) is 3. The lowest BCUT2D eigenvalue weighted by molar-refractivity contribution is 1.33. The first kappa shape index (κ1) is 9.69. The standard InChI is InChI=1S/C10H4Br2N2S/c11-9-3-5(10(12)15-9)7-4-8-6(14-7)1-2-13-8/h1-4H. The highest BCUT2D eigenvalue weighted by Crippen LogP contribution is 2.35. The molecule has 0 spiro atoms. The van der Waals surface area contributed by atoms with Crippen molar-refractivity contribution in [2.75, 3.05) is 0 Å². The summed E-state index contributed by atoms with van der Waals surface area (Å²) in [6.07, 6.45) is 5.71. The zero-order chi connectivity index (χ0) is 10.4. The molecule has 3 heterocycles. The second kappa shape index (κ2) is 3.50. The predicted octanol–water partition coefficient (Wildman–Crippen LogP) is 3.93. The van der Waals surface area contributed by atoms with E-state index in [0.717, 1.165) is 30.2 Å². The van der Waals surface area contributed by atoms with Crippen LogP contribution < -0.4 is 0 Å². The van der Waals surface area contributed by atoms with Gasteiger partial charge >= 0.3 is 0 Å². The van der Waals surface area contributed by atoms with Gasteiger partial charge in [0.05, 0.1) is 24.7 Å².